The number of aryl methyl sites for hydroxylation is 2. The number of nitrogens with zero attached hydrogens (tertiary/aromatic N) is 6. The zero-order valence-electron chi connectivity index (χ0n) is 37.7. The number of benzene rings is 1. The number of piperidine rings is 1. The number of nitrogens with one attached hydrogen (secondary N) is 1. The lowest BCUT2D eigenvalue weighted by atomic mass is 9.97. The van der Waals surface area contributed by atoms with Crippen LogP contribution in [0.3, 0.4) is 0 Å². The summed E-state index contributed by atoms with van der Waals surface area (Å²) in [6, 6.07) is 4.83. The van der Waals surface area contributed by atoms with Gasteiger partial charge in [-0.25, -0.2) is 23.9 Å². The highest BCUT2D eigenvalue weighted by Gasteiger charge is 2.39. The van der Waals surface area contributed by atoms with Gasteiger partial charge in [-0.05, 0) is 38.8 Å². The molecule has 2 aromatic heterocycles. The summed E-state index contributed by atoms with van der Waals surface area (Å²) in [5.74, 6) is -6.19. The molecule has 16 N–H and O–H groups in total. The van der Waals surface area contributed by atoms with Crippen molar-refractivity contribution in [3.05, 3.63) is 40.4 Å². The fourth-order valence-corrected chi connectivity index (χ4v) is 7.21. The van der Waals surface area contributed by atoms with Crippen molar-refractivity contribution in [3.8, 4) is 0 Å². The average molecular weight is 1060 g/mol. The minimum Gasteiger partial charge on any atom is -0.542 e. The number of alkyl halides is 6. The average Bonchev–Trinajstić information content (AvgIpc) is 3.63. The highest BCUT2D eigenvalue weighted by atomic mass is 35.5. The molecular formula is C39H56ClF6N9O16. The molecule has 8 unspecified atom stereocenters. The fraction of sp³-hybridized carbons (Fsp3) is 0.615. The van der Waals surface area contributed by atoms with Gasteiger partial charge in [-0.2, -0.15) is 26.3 Å². The van der Waals surface area contributed by atoms with E-state index in [0.29, 0.717) is 31.5 Å². The number of amides is 2. The number of carbonyl (C=O) groups is 4. The molecule has 32 heteroatoms. The number of aliphatic carboxylic acids is 2. The van der Waals surface area contributed by atoms with Crippen LogP contribution in [-0.2, 0) is 29.2 Å². The number of fused-ring (bicyclic) bond motifs is 1. The van der Waals surface area contributed by atoms with Crippen molar-refractivity contribution in [3.63, 3.8) is 0 Å². The fourth-order valence-electron chi connectivity index (χ4n) is 7.09. The van der Waals surface area contributed by atoms with E-state index in [0.717, 1.165) is 16.9 Å². The van der Waals surface area contributed by atoms with Crippen LogP contribution in [-0.4, -0.2) is 211 Å². The molecular weight excluding hydrogens is 1000 g/mol. The zero-order valence-corrected chi connectivity index (χ0v) is 38.4. The first kappa shape index (κ1) is 61.8. The number of carboxylic acid groups (broad SMARTS) is 2. The Morgan fingerprint density at radius 1 is 0.831 bits per heavy atom. The third-order valence-electron chi connectivity index (χ3n) is 10.8. The Labute approximate surface area is 403 Å². The first-order chi connectivity index (χ1) is 32.9. The number of carbonyl (C=O) groups excluding carboxylic acids is 3. The van der Waals surface area contributed by atoms with Crippen LogP contribution in [0.2, 0.25) is 5.15 Å². The van der Waals surface area contributed by atoms with Crippen molar-refractivity contribution < 1.29 is 111 Å². The number of aliphatic hydroxyl groups excluding tert-OH is 10. The number of aliphatic hydroxyl groups is 10. The van der Waals surface area contributed by atoms with Crippen LogP contribution < -0.4 is 26.5 Å². The minimum atomic E-state index is -5.19. The van der Waals surface area contributed by atoms with Crippen LogP contribution in [0.1, 0.15) is 53.4 Å². The van der Waals surface area contributed by atoms with Gasteiger partial charge in [0.1, 0.15) is 49.1 Å². The predicted octanol–water partition coefficient (Wildman–Crippen LogP) is -4.78. The lowest BCUT2D eigenvalue weighted by Gasteiger charge is -2.41. The summed E-state index contributed by atoms with van der Waals surface area (Å²) >= 11 is 5.96. The second kappa shape index (κ2) is 26.9. The van der Waals surface area contributed by atoms with Gasteiger partial charge in [-0.3, -0.25) is 14.5 Å². The number of rotatable bonds is 19. The molecule has 1 saturated heterocycles. The monoisotopic (exact) mass is 1060 g/mol. The lowest BCUT2D eigenvalue weighted by molar-refractivity contribution is -0.676. The van der Waals surface area contributed by atoms with Crippen LogP contribution in [0.25, 0.3) is 11.0 Å². The largest absolute Gasteiger partial charge is 0.542 e. The predicted molar refractivity (Wildman–Crippen MR) is 228 cm³/mol. The van der Waals surface area contributed by atoms with E-state index in [-0.39, 0.29) is 48.0 Å². The normalized spacial score (nSPS) is 16.9. The summed E-state index contributed by atoms with van der Waals surface area (Å²) in [5.41, 5.74) is 13.3. The van der Waals surface area contributed by atoms with Crippen molar-refractivity contribution in [2.75, 3.05) is 50.9 Å². The maximum Gasteiger partial charge on any atom is 0.490 e. The number of likely N-dealkylation sites (tertiary alicyclic amines) is 1. The second-order valence-electron chi connectivity index (χ2n) is 15.6. The molecule has 8 atom stereocenters. The Morgan fingerprint density at radius 2 is 1.30 bits per heavy atom. The van der Waals surface area contributed by atoms with Gasteiger partial charge in [0.25, 0.3) is 17.6 Å². The quantitative estimate of drug-likeness (QED) is 0.0396. The van der Waals surface area contributed by atoms with Crippen LogP contribution in [0.4, 0.5) is 38.0 Å². The molecule has 0 spiro atoms. The number of carboxylic acids is 2. The molecule has 25 nitrogen and oxygen atoms in total. The number of hydrogen-bond acceptors (Lipinski definition) is 20. The Morgan fingerprint density at radius 3 is 1.70 bits per heavy atom. The maximum absolute atomic E-state index is 13.9. The van der Waals surface area contributed by atoms with E-state index >= 15 is 0 Å². The van der Waals surface area contributed by atoms with Crippen LogP contribution in [0, 0.1) is 0 Å². The molecule has 402 valence electrons. The molecule has 1 aromatic carbocycles. The summed E-state index contributed by atoms with van der Waals surface area (Å²) in [4.78, 5) is 55.6. The van der Waals surface area contributed by atoms with Gasteiger partial charge in [-0.1, -0.05) is 11.6 Å². The second-order valence-corrected chi connectivity index (χ2v) is 15.9. The van der Waals surface area contributed by atoms with Gasteiger partial charge in [0.15, 0.2) is 33.5 Å². The number of hydrogen-bond donors (Lipinski definition) is 14. The number of nitrogen functional groups attached to an aromatic ring is 2. The molecule has 0 aliphatic carbocycles. The molecule has 0 radical (unpaired) electrons. The van der Waals surface area contributed by atoms with Crippen LogP contribution >= 0.6 is 11.6 Å². The number of imidazole rings is 1. The first-order valence-electron chi connectivity index (χ1n) is 21.1. The van der Waals surface area contributed by atoms with E-state index < -0.39 is 111 Å². The third kappa shape index (κ3) is 16.9. The zero-order chi connectivity index (χ0) is 54.5. The Hall–Kier alpha value is -5.32. The van der Waals surface area contributed by atoms with Gasteiger partial charge in [-0.15, -0.1) is 0 Å². The van der Waals surface area contributed by atoms with Gasteiger partial charge >= 0.3 is 18.3 Å². The highest BCUT2D eigenvalue weighted by Crippen LogP contribution is 2.25. The van der Waals surface area contributed by atoms with Gasteiger partial charge < -0.3 is 87.8 Å². The summed E-state index contributed by atoms with van der Waals surface area (Å²) in [6.45, 7) is 2.83. The van der Waals surface area contributed by atoms with E-state index in [4.69, 9.17) is 42.9 Å². The molecule has 3 heterocycles. The molecule has 71 heavy (non-hydrogen) atoms. The molecule has 1 aliphatic heterocycles. The van der Waals surface area contributed by atoms with Crippen molar-refractivity contribution in [2.45, 2.75) is 114 Å². The molecule has 2 amide bonds. The van der Waals surface area contributed by atoms with E-state index in [1.165, 1.54) is 4.90 Å². The Balaban J connectivity index is 0.00000107. The molecule has 4 rings (SSSR count). The minimum absolute atomic E-state index is 0.0744. The summed E-state index contributed by atoms with van der Waals surface area (Å²) in [6.07, 6.45) is -24.3. The highest BCUT2D eigenvalue weighted by molar-refractivity contribution is 6.31. The van der Waals surface area contributed by atoms with Gasteiger partial charge in [0.05, 0.1) is 38.5 Å². The topological polar surface area (TPSA) is 419 Å². The summed E-state index contributed by atoms with van der Waals surface area (Å²) < 4.78 is 67.3. The van der Waals surface area contributed by atoms with Crippen molar-refractivity contribution in [1.82, 2.24) is 29.7 Å². The van der Waals surface area contributed by atoms with Crippen LogP contribution in [0.15, 0.2) is 18.2 Å². The molecule has 0 bridgehead atoms. The van der Waals surface area contributed by atoms with Crippen molar-refractivity contribution in [1.29, 1.82) is 0 Å². The molecule has 0 saturated carbocycles. The molecule has 3 aromatic rings. The summed E-state index contributed by atoms with van der Waals surface area (Å²) in [7, 11) is 0. The SMILES string of the molecule is CCn1c(CNC(=O)c2nc(Cl)c(N)nc2N)[n+](CC)c2ccc(C(=O)N3CCC(N(CC(O)C(O)C(O)C(O)CO)CC(O)C(O)C(O)C(O)CO)CC3)cc21.O=C(O)C(F)(F)F.O=C([O-])C(F)(F)F. The van der Waals surface area contributed by atoms with Gasteiger partial charge in [0.2, 0.25) is 0 Å². The number of anilines is 2. The van der Waals surface area contributed by atoms with Crippen LogP contribution in [0.5, 0.6) is 0 Å². The van der Waals surface area contributed by atoms with Gasteiger partial charge in [0, 0.05) is 43.9 Å². The number of halogens is 7. The van der Waals surface area contributed by atoms with E-state index in [9.17, 15) is 87.0 Å². The standard InChI is InChI=1S/C35H54ClN9O12.2C2HF3O2/c1-3-44-19-6-5-17(11-20(19)45(4-2)25(44)12-39-34(56)26-32(37)41-33(38)31(36)40-26)35(57)42-9-7-18(8-10-42)43(13-21(48)27(52)29(54)23(50)15-46)14-22(49)28(53)30(55)24(51)16-47;2*3-2(4,5)1(6)7/h5-6,11,18,21-24,27-30,46-55H,3-4,7-10,12-16H2,1-2H3,(H4-,37,38,39,41,56);2*(H,6,7). The Kier molecular flexibility index (Phi) is 23.4. The van der Waals surface area contributed by atoms with E-state index in [1.54, 1.807) is 17.0 Å². The lowest BCUT2D eigenvalue weighted by Crippen LogP contribution is -2.56. The third-order valence-corrected chi connectivity index (χ3v) is 11.1. The van der Waals surface area contributed by atoms with Crippen molar-refractivity contribution >= 4 is 58.0 Å². The molecule has 1 aliphatic rings. The number of aromatic nitrogens is 4. The van der Waals surface area contributed by atoms with E-state index in [1.807, 2.05) is 29.0 Å². The molecule has 1 fully saturated rings. The van der Waals surface area contributed by atoms with Crippen molar-refractivity contribution in [2.24, 2.45) is 0 Å². The smallest absolute Gasteiger partial charge is 0.490 e. The maximum atomic E-state index is 13.9. The first-order valence-corrected chi connectivity index (χ1v) is 21.4. The Bertz CT molecular complexity index is 2200. The van der Waals surface area contributed by atoms with E-state index in [2.05, 4.69) is 15.3 Å². The number of nitrogens with two attached hydrogens (primary N) is 2. The summed E-state index contributed by atoms with van der Waals surface area (Å²) in [5, 5.41) is 119.